The summed E-state index contributed by atoms with van der Waals surface area (Å²) < 4.78 is 0. The number of phenolic OH excluding ortho intramolecular Hbond substituents is 1. The molecule has 25 heavy (non-hydrogen) atoms. The highest BCUT2D eigenvalue weighted by Crippen LogP contribution is 2.12. The van der Waals surface area contributed by atoms with Gasteiger partial charge in [-0.3, -0.25) is 9.59 Å². The summed E-state index contributed by atoms with van der Waals surface area (Å²) in [6.45, 7) is 0. The number of rotatable bonds is 7. The maximum Gasteiger partial charge on any atom is 0.336 e. The van der Waals surface area contributed by atoms with Gasteiger partial charge in [-0.1, -0.05) is 42.5 Å². The number of benzene rings is 2. The fourth-order valence-electron chi connectivity index (χ4n) is 2.08. The molecule has 126 valence electrons. The first kappa shape index (κ1) is 17.9. The highest BCUT2D eigenvalue weighted by molar-refractivity contribution is 6.11. The van der Waals surface area contributed by atoms with Crippen molar-refractivity contribution in [1.82, 2.24) is 0 Å². The molecule has 0 spiro atoms. The quantitative estimate of drug-likeness (QED) is 0.597. The molecule has 0 unspecified atom stereocenters. The fraction of sp³-hybridized carbons (Fsp3) is 0.0500. The topological polar surface area (TPSA) is 91.7 Å². The molecular weight excluding hydrogens is 320 g/mol. The maximum absolute atomic E-state index is 11.8. The lowest BCUT2D eigenvalue weighted by Gasteiger charge is -1.99. The number of phenols is 1. The van der Waals surface area contributed by atoms with E-state index in [2.05, 4.69) is 0 Å². The summed E-state index contributed by atoms with van der Waals surface area (Å²) >= 11 is 0. The third-order valence-corrected chi connectivity index (χ3v) is 3.34. The Morgan fingerprint density at radius 1 is 0.840 bits per heavy atom. The van der Waals surface area contributed by atoms with Gasteiger partial charge in [0, 0.05) is 0 Å². The van der Waals surface area contributed by atoms with Crippen LogP contribution in [0.5, 0.6) is 5.75 Å². The van der Waals surface area contributed by atoms with Crippen LogP contribution in [0.1, 0.15) is 27.9 Å². The SMILES string of the molecule is O=C(C=Cc1ccc(O)cc1)CC(=O)C=Cc1ccccc1C(=O)O. The highest BCUT2D eigenvalue weighted by atomic mass is 16.4. The molecule has 0 amide bonds. The summed E-state index contributed by atoms with van der Waals surface area (Å²) in [5.74, 6) is -1.74. The summed E-state index contributed by atoms with van der Waals surface area (Å²) in [5.41, 5.74) is 1.21. The predicted molar refractivity (Wildman–Crippen MR) is 94.2 cm³/mol. The third kappa shape index (κ3) is 5.58. The van der Waals surface area contributed by atoms with Crippen molar-refractivity contribution in [3.63, 3.8) is 0 Å². The Kier molecular flexibility index (Phi) is 6.01. The largest absolute Gasteiger partial charge is 0.508 e. The Morgan fingerprint density at radius 3 is 2.08 bits per heavy atom. The lowest BCUT2D eigenvalue weighted by molar-refractivity contribution is -0.121. The molecule has 0 atom stereocenters. The molecule has 0 aromatic heterocycles. The number of allylic oxidation sites excluding steroid dienone is 2. The van der Waals surface area contributed by atoms with E-state index in [4.69, 9.17) is 5.11 Å². The second kappa shape index (κ2) is 8.40. The molecule has 0 bridgehead atoms. The molecule has 0 aliphatic heterocycles. The molecule has 0 saturated heterocycles. The first-order valence-electron chi connectivity index (χ1n) is 7.49. The van der Waals surface area contributed by atoms with Crippen LogP contribution in [-0.2, 0) is 9.59 Å². The number of carbonyl (C=O) groups is 3. The van der Waals surface area contributed by atoms with Gasteiger partial charge in [0.05, 0.1) is 12.0 Å². The Morgan fingerprint density at radius 2 is 1.44 bits per heavy atom. The highest BCUT2D eigenvalue weighted by Gasteiger charge is 2.08. The van der Waals surface area contributed by atoms with Crippen LogP contribution in [0, 0.1) is 0 Å². The van der Waals surface area contributed by atoms with Crippen LogP contribution >= 0.6 is 0 Å². The number of carbonyl (C=O) groups excluding carboxylic acids is 2. The summed E-state index contributed by atoms with van der Waals surface area (Å²) in [6, 6.07) is 12.6. The van der Waals surface area contributed by atoms with E-state index in [1.54, 1.807) is 36.4 Å². The van der Waals surface area contributed by atoms with E-state index in [-0.39, 0.29) is 23.5 Å². The minimum Gasteiger partial charge on any atom is -0.508 e. The third-order valence-electron chi connectivity index (χ3n) is 3.34. The van der Waals surface area contributed by atoms with Crippen molar-refractivity contribution in [2.75, 3.05) is 0 Å². The van der Waals surface area contributed by atoms with Crippen LogP contribution in [0.4, 0.5) is 0 Å². The normalized spacial score (nSPS) is 11.0. The average Bonchev–Trinajstić information content (AvgIpc) is 2.59. The molecule has 0 saturated carbocycles. The zero-order valence-corrected chi connectivity index (χ0v) is 13.3. The predicted octanol–water partition coefficient (Wildman–Crippen LogP) is 3.35. The molecule has 0 fully saturated rings. The summed E-state index contributed by atoms with van der Waals surface area (Å²) in [5, 5.41) is 18.3. The van der Waals surface area contributed by atoms with Crippen molar-refractivity contribution in [3.05, 3.63) is 77.4 Å². The number of ketones is 2. The molecule has 2 aromatic carbocycles. The first-order valence-corrected chi connectivity index (χ1v) is 7.49. The van der Waals surface area contributed by atoms with Gasteiger partial charge < -0.3 is 10.2 Å². The standard InChI is InChI=1S/C20H16O5/c21-16-9-5-14(6-10-16)7-11-17(22)13-18(23)12-8-15-3-1-2-4-19(15)20(24)25/h1-12,21H,13H2,(H,24,25). The first-order chi connectivity index (χ1) is 12.0. The van der Waals surface area contributed by atoms with Crippen molar-refractivity contribution >= 4 is 29.7 Å². The van der Waals surface area contributed by atoms with E-state index in [0.29, 0.717) is 5.56 Å². The van der Waals surface area contributed by atoms with Crippen LogP contribution in [0.3, 0.4) is 0 Å². The second-order valence-electron chi connectivity index (χ2n) is 5.26. The number of carboxylic acid groups (broad SMARTS) is 1. The number of hydrogen-bond acceptors (Lipinski definition) is 4. The minimum absolute atomic E-state index is 0.0881. The smallest absolute Gasteiger partial charge is 0.336 e. The minimum atomic E-state index is -1.08. The lowest BCUT2D eigenvalue weighted by Crippen LogP contribution is -2.03. The molecule has 5 nitrogen and oxygen atoms in total. The van der Waals surface area contributed by atoms with E-state index in [9.17, 15) is 19.5 Å². The van der Waals surface area contributed by atoms with Crippen molar-refractivity contribution in [2.24, 2.45) is 0 Å². The monoisotopic (exact) mass is 336 g/mol. The van der Waals surface area contributed by atoms with Crippen LogP contribution < -0.4 is 0 Å². The van der Waals surface area contributed by atoms with Crippen LogP contribution in [0.25, 0.3) is 12.2 Å². The lowest BCUT2D eigenvalue weighted by atomic mass is 10.1. The maximum atomic E-state index is 11.8. The van der Waals surface area contributed by atoms with Gasteiger partial charge in [-0.15, -0.1) is 0 Å². The van der Waals surface area contributed by atoms with Gasteiger partial charge in [0.1, 0.15) is 5.75 Å². The van der Waals surface area contributed by atoms with Gasteiger partial charge in [-0.25, -0.2) is 4.79 Å². The fourth-order valence-corrected chi connectivity index (χ4v) is 2.08. The van der Waals surface area contributed by atoms with Crippen LogP contribution in [-0.4, -0.2) is 27.7 Å². The molecule has 0 aliphatic carbocycles. The molecule has 2 aromatic rings. The number of hydrogen-bond donors (Lipinski definition) is 2. The molecule has 2 N–H and O–H groups in total. The van der Waals surface area contributed by atoms with Crippen molar-refractivity contribution in [1.29, 1.82) is 0 Å². The van der Waals surface area contributed by atoms with Crippen molar-refractivity contribution < 1.29 is 24.6 Å². The van der Waals surface area contributed by atoms with Gasteiger partial charge in [0.25, 0.3) is 0 Å². The van der Waals surface area contributed by atoms with Gasteiger partial charge in [0.2, 0.25) is 0 Å². The van der Waals surface area contributed by atoms with Gasteiger partial charge in [-0.05, 0) is 41.5 Å². The van der Waals surface area contributed by atoms with E-state index in [1.807, 2.05) is 0 Å². The van der Waals surface area contributed by atoms with Crippen molar-refractivity contribution in [2.45, 2.75) is 6.42 Å². The molecule has 0 heterocycles. The Labute approximate surface area is 144 Å². The van der Waals surface area contributed by atoms with E-state index < -0.39 is 11.8 Å². The number of aromatic carboxylic acids is 1. The zero-order chi connectivity index (χ0) is 18.2. The second-order valence-corrected chi connectivity index (χ2v) is 5.26. The van der Waals surface area contributed by atoms with Crippen LogP contribution in [0.2, 0.25) is 0 Å². The average molecular weight is 336 g/mol. The summed E-state index contributed by atoms with van der Waals surface area (Å²) in [7, 11) is 0. The number of aromatic hydroxyl groups is 1. The van der Waals surface area contributed by atoms with Crippen LogP contribution in [0.15, 0.2) is 60.7 Å². The molecular formula is C20H16O5. The Bertz CT molecular complexity index is 845. The Hall–Kier alpha value is -3.47. The number of carboxylic acids is 1. The molecule has 2 rings (SSSR count). The van der Waals surface area contributed by atoms with Crippen molar-refractivity contribution in [3.8, 4) is 5.75 Å². The van der Waals surface area contributed by atoms with E-state index in [1.165, 1.54) is 36.4 Å². The van der Waals surface area contributed by atoms with Gasteiger partial charge in [-0.2, -0.15) is 0 Å². The van der Waals surface area contributed by atoms with E-state index in [0.717, 1.165) is 5.56 Å². The van der Waals surface area contributed by atoms with E-state index >= 15 is 0 Å². The molecule has 0 radical (unpaired) electrons. The molecule has 0 aliphatic rings. The summed E-state index contributed by atoms with van der Waals surface area (Å²) in [6.07, 6.45) is 5.14. The van der Waals surface area contributed by atoms with Gasteiger partial charge in [0.15, 0.2) is 11.6 Å². The Balaban J connectivity index is 1.96. The van der Waals surface area contributed by atoms with Gasteiger partial charge >= 0.3 is 5.97 Å². The zero-order valence-electron chi connectivity index (χ0n) is 13.3. The molecule has 5 heteroatoms. The summed E-state index contributed by atoms with van der Waals surface area (Å²) in [4.78, 5) is 34.7.